The molecule has 1 atom stereocenters. The van der Waals surface area contributed by atoms with Crippen molar-refractivity contribution in [2.75, 3.05) is 22.1 Å². The van der Waals surface area contributed by atoms with Crippen LogP contribution in [0.4, 0.5) is 21.8 Å². The lowest BCUT2D eigenvalue weighted by molar-refractivity contribution is -0.123. The van der Waals surface area contributed by atoms with Gasteiger partial charge in [0.2, 0.25) is 17.8 Å². The molecule has 3 aromatic rings. The average molecular weight is 433 g/mol. The maximum absolute atomic E-state index is 13.5. The fraction of sp³-hybridized carbons (Fsp3) is 0.217. The summed E-state index contributed by atoms with van der Waals surface area (Å²) in [7, 11) is 0. The second-order valence-electron chi connectivity index (χ2n) is 7.90. The van der Waals surface area contributed by atoms with Crippen LogP contribution in [-0.4, -0.2) is 28.3 Å². The summed E-state index contributed by atoms with van der Waals surface area (Å²) in [4.78, 5) is 47.3. The number of amides is 2. The van der Waals surface area contributed by atoms with Crippen LogP contribution in [0.5, 0.6) is 0 Å². The number of aromatic amines is 1. The molecule has 0 aliphatic carbocycles. The standard InChI is InChI=1S/C23H20FN5O3/c24-15-6-3-7-16(10-15)25-21(31)17-11-18(30)26-20-19(17)22(32)28-23(27-20)29-9-8-13-4-1-2-5-14(13)12-29/h1-7,10,17H,8-9,11-12H2,(H,25,31)(H2,26,27,28,30,32)/t17-/m1/s1. The number of benzene rings is 2. The van der Waals surface area contributed by atoms with Crippen molar-refractivity contribution in [2.24, 2.45) is 0 Å². The Morgan fingerprint density at radius 3 is 2.75 bits per heavy atom. The summed E-state index contributed by atoms with van der Waals surface area (Å²) in [6.07, 6.45) is 0.608. The third kappa shape index (κ3) is 3.73. The summed E-state index contributed by atoms with van der Waals surface area (Å²) in [5.41, 5.74) is 2.26. The molecule has 0 saturated heterocycles. The van der Waals surface area contributed by atoms with E-state index in [4.69, 9.17) is 0 Å². The minimum atomic E-state index is -1.03. The number of aromatic nitrogens is 2. The maximum atomic E-state index is 13.5. The Bertz CT molecular complexity index is 1290. The zero-order valence-corrected chi connectivity index (χ0v) is 17.0. The van der Waals surface area contributed by atoms with Crippen LogP contribution in [0, 0.1) is 5.82 Å². The second kappa shape index (κ2) is 7.92. The summed E-state index contributed by atoms with van der Waals surface area (Å²) in [5.74, 6) is -2.09. The fourth-order valence-corrected chi connectivity index (χ4v) is 4.21. The highest BCUT2D eigenvalue weighted by Crippen LogP contribution is 2.31. The lowest BCUT2D eigenvalue weighted by Crippen LogP contribution is -2.38. The highest BCUT2D eigenvalue weighted by molar-refractivity contribution is 6.04. The van der Waals surface area contributed by atoms with Crippen molar-refractivity contribution in [2.45, 2.75) is 25.3 Å². The van der Waals surface area contributed by atoms with Gasteiger partial charge in [0.1, 0.15) is 11.6 Å². The second-order valence-corrected chi connectivity index (χ2v) is 7.90. The number of hydrogen-bond acceptors (Lipinski definition) is 5. The summed E-state index contributed by atoms with van der Waals surface area (Å²) >= 11 is 0. The van der Waals surface area contributed by atoms with Crippen molar-refractivity contribution in [3.8, 4) is 0 Å². The highest BCUT2D eigenvalue weighted by atomic mass is 19.1. The molecule has 1 aromatic heterocycles. The Hall–Kier alpha value is -4.01. The van der Waals surface area contributed by atoms with E-state index in [1.165, 1.54) is 29.8 Å². The van der Waals surface area contributed by atoms with E-state index in [-0.39, 0.29) is 23.5 Å². The number of halogens is 1. The van der Waals surface area contributed by atoms with Gasteiger partial charge in [-0.3, -0.25) is 19.4 Å². The van der Waals surface area contributed by atoms with E-state index in [0.717, 1.165) is 12.0 Å². The minimum Gasteiger partial charge on any atom is -0.338 e. The number of nitrogens with one attached hydrogen (secondary N) is 3. The number of hydrogen-bond donors (Lipinski definition) is 3. The van der Waals surface area contributed by atoms with Gasteiger partial charge >= 0.3 is 0 Å². The Balaban J connectivity index is 1.45. The molecule has 0 bridgehead atoms. The first-order valence-corrected chi connectivity index (χ1v) is 10.3. The first-order valence-electron chi connectivity index (χ1n) is 10.3. The van der Waals surface area contributed by atoms with Gasteiger partial charge in [0, 0.05) is 25.2 Å². The Morgan fingerprint density at radius 1 is 1.12 bits per heavy atom. The van der Waals surface area contributed by atoms with Crippen LogP contribution in [0.1, 0.15) is 29.0 Å². The minimum absolute atomic E-state index is 0.0817. The van der Waals surface area contributed by atoms with Crippen molar-refractivity contribution in [3.05, 3.63) is 81.4 Å². The molecule has 0 radical (unpaired) electrons. The SMILES string of the molecule is O=C1C[C@@H](C(=O)Nc2cccc(F)c2)c2c(nc(N3CCc4ccccc4C3)[nH]c2=O)N1. The highest BCUT2D eigenvalue weighted by Gasteiger charge is 2.35. The number of anilines is 3. The first kappa shape index (κ1) is 19.9. The molecule has 162 valence electrons. The van der Waals surface area contributed by atoms with E-state index in [2.05, 4.69) is 26.7 Å². The van der Waals surface area contributed by atoms with Crippen LogP contribution in [0.3, 0.4) is 0 Å². The predicted molar refractivity (Wildman–Crippen MR) is 117 cm³/mol. The van der Waals surface area contributed by atoms with Crippen molar-refractivity contribution in [1.82, 2.24) is 9.97 Å². The Kier molecular flexibility index (Phi) is 4.93. The molecule has 0 spiro atoms. The van der Waals surface area contributed by atoms with Crippen LogP contribution in [0.25, 0.3) is 0 Å². The van der Waals surface area contributed by atoms with Gasteiger partial charge in [-0.2, -0.15) is 4.98 Å². The summed E-state index contributed by atoms with van der Waals surface area (Å²) in [5, 5.41) is 5.20. The Labute approximate surface area is 182 Å². The average Bonchev–Trinajstić information content (AvgIpc) is 2.78. The van der Waals surface area contributed by atoms with Gasteiger partial charge in [-0.15, -0.1) is 0 Å². The predicted octanol–water partition coefficient (Wildman–Crippen LogP) is 2.54. The molecule has 8 nitrogen and oxygen atoms in total. The van der Waals surface area contributed by atoms with E-state index in [1.807, 2.05) is 23.1 Å². The lowest BCUT2D eigenvalue weighted by atomic mass is 9.92. The molecule has 32 heavy (non-hydrogen) atoms. The molecule has 3 heterocycles. The zero-order valence-electron chi connectivity index (χ0n) is 17.0. The van der Waals surface area contributed by atoms with Gasteiger partial charge in [0.25, 0.3) is 5.56 Å². The number of rotatable bonds is 3. The van der Waals surface area contributed by atoms with Gasteiger partial charge in [-0.25, -0.2) is 4.39 Å². The van der Waals surface area contributed by atoms with Crippen molar-refractivity contribution >= 4 is 29.3 Å². The molecule has 3 N–H and O–H groups in total. The number of H-pyrrole nitrogens is 1. The molecule has 0 unspecified atom stereocenters. The monoisotopic (exact) mass is 433 g/mol. The molecule has 2 aliphatic heterocycles. The molecule has 0 fully saturated rings. The van der Waals surface area contributed by atoms with Gasteiger partial charge in [-0.1, -0.05) is 30.3 Å². The first-order chi connectivity index (χ1) is 15.5. The quantitative estimate of drug-likeness (QED) is 0.589. The molecule has 2 aliphatic rings. The third-order valence-corrected chi connectivity index (χ3v) is 5.78. The number of carbonyl (C=O) groups excluding carboxylic acids is 2. The van der Waals surface area contributed by atoms with Crippen LogP contribution < -0.4 is 21.1 Å². The van der Waals surface area contributed by atoms with E-state index in [1.54, 1.807) is 0 Å². The van der Waals surface area contributed by atoms with Gasteiger partial charge in [0.05, 0.1) is 11.5 Å². The largest absolute Gasteiger partial charge is 0.338 e. The van der Waals surface area contributed by atoms with Crippen LogP contribution in [-0.2, 0) is 22.6 Å². The van der Waals surface area contributed by atoms with Gasteiger partial charge in [-0.05, 0) is 35.7 Å². The molecular formula is C23H20FN5O3. The fourth-order valence-electron chi connectivity index (χ4n) is 4.21. The van der Waals surface area contributed by atoms with Crippen molar-refractivity contribution in [3.63, 3.8) is 0 Å². The smallest absolute Gasteiger partial charge is 0.258 e. The van der Waals surface area contributed by atoms with Crippen LogP contribution in [0.15, 0.2) is 53.3 Å². The van der Waals surface area contributed by atoms with Crippen molar-refractivity contribution < 1.29 is 14.0 Å². The molecule has 2 amide bonds. The van der Waals surface area contributed by atoms with Crippen LogP contribution >= 0.6 is 0 Å². The van der Waals surface area contributed by atoms with E-state index in [9.17, 15) is 18.8 Å². The molecule has 0 saturated carbocycles. The lowest BCUT2D eigenvalue weighted by Gasteiger charge is -2.30. The topological polar surface area (TPSA) is 107 Å². The maximum Gasteiger partial charge on any atom is 0.258 e. The summed E-state index contributed by atoms with van der Waals surface area (Å²) in [6, 6.07) is 13.5. The van der Waals surface area contributed by atoms with Gasteiger partial charge < -0.3 is 15.5 Å². The van der Waals surface area contributed by atoms with Gasteiger partial charge in [0.15, 0.2) is 0 Å². The number of nitrogens with zero attached hydrogens (tertiary/aromatic N) is 2. The third-order valence-electron chi connectivity index (χ3n) is 5.78. The zero-order chi connectivity index (χ0) is 22.2. The molecule has 2 aromatic carbocycles. The summed E-state index contributed by atoms with van der Waals surface area (Å²) < 4.78 is 13.5. The molecular weight excluding hydrogens is 413 g/mol. The van der Waals surface area contributed by atoms with Crippen molar-refractivity contribution in [1.29, 1.82) is 0 Å². The van der Waals surface area contributed by atoms with E-state index < -0.39 is 29.1 Å². The van der Waals surface area contributed by atoms with Crippen LogP contribution in [0.2, 0.25) is 0 Å². The Morgan fingerprint density at radius 2 is 1.94 bits per heavy atom. The normalized spacial score (nSPS) is 17.2. The van der Waals surface area contributed by atoms with E-state index in [0.29, 0.717) is 19.0 Å². The molecule has 9 heteroatoms. The van der Waals surface area contributed by atoms with E-state index >= 15 is 0 Å². The number of fused-ring (bicyclic) bond motifs is 2. The molecule has 5 rings (SSSR count). The summed E-state index contributed by atoms with van der Waals surface area (Å²) in [6.45, 7) is 1.24. The number of carbonyl (C=O) groups is 2.